The SMILES string of the molecule is CCOc1ccc(NC2N=C(N)N=C(N3CCOCC3)N2c2ccc(C)cc2)cc1. The molecule has 2 aromatic carbocycles. The van der Waals surface area contributed by atoms with Crippen LogP contribution >= 0.6 is 0 Å². The Morgan fingerprint density at radius 3 is 2.47 bits per heavy atom. The molecule has 0 aliphatic carbocycles. The van der Waals surface area contributed by atoms with Gasteiger partial charge in [0.1, 0.15) is 5.75 Å². The van der Waals surface area contributed by atoms with Gasteiger partial charge in [-0.15, -0.1) is 0 Å². The average molecular weight is 409 g/mol. The topological polar surface area (TPSA) is 87.7 Å². The number of nitrogens with two attached hydrogens (primary N) is 1. The number of nitrogens with one attached hydrogen (secondary N) is 1. The minimum atomic E-state index is -0.430. The molecule has 2 aromatic rings. The Morgan fingerprint density at radius 2 is 1.80 bits per heavy atom. The van der Waals surface area contributed by atoms with Gasteiger partial charge in [0.05, 0.1) is 19.8 Å². The van der Waals surface area contributed by atoms with E-state index in [0.717, 1.165) is 36.2 Å². The lowest BCUT2D eigenvalue weighted by Crippen LogP contribution is -2.57. The molecule has 1 saturated heterocycles. The maximum atomic E-state index is 6.12. The Hall–Kier alpha value is -3.26. The highest BCUT2D eigenvalue weighted by molar-refractivity contribution is 6.06. The van der Waals surface area contributed by atoms with Gasteiger partial charge < -0.3 is 25.4 Å². The summed E-state index contributed by atoms with van der Waals surface area (Å²) in [6.45, 7) is 7.51. The number of rotatable bonds is 5. The number of morpholine rings is 1. The van der Waals surface area contributed by atoms with Gasteiger partial charge in [-0.3, -0.25) is 4.90 Å². The molecule has 0 saturated carbocycles. The third kappa shape index (κ3) is 4.49. The number of nitrogens with zero attached hydrogens (tertiary/aromatic N) is 4. The number of aryl methyl sites for hydroxylation is 1. The van der Waals surface area contributed by atoms with Crippen molar-refractivity contribution in [3.63, 3.8) is 0 Å². The van der Waals surface area contributed by atoms with Crippen LogP contribution in [0.3, 0.4) is 0 Å². The van der Waals surface area contributed by atoms with Gasteiger partial charge in [0.15, 0.2) is 0 Å². The third-order valence-electron chi connectivity index (χ3n) is 5.00. The van der Waals surface area contributed by atoms with Gasteiger partial charge >= 0.3 is 0 Å². The first-order chi connectivity index (χ1) is 14.6. The summed E-state index contributed by atoms with van der Waals surface area (Å²) >= 11 is 0. The predicted molar refractivity (Wildman–Crippen MR) is 120 cm³/mol. The van der Waals surface area contributed by atoms with Crippen molar-refractivity contribution in [3.8, 4) is 5.75 Å². The molecular formula is C22H28N6O2. The first-order valence-electron chi connectivity index (χ1n) is 10.2. The monoisotopic (exact) mass is 408 g/mol. The molecule has 3 N–H and O–H groups in total. The zero-order valence-corrected chi connectivity index (χ0v) is 17.4. The van der Waals surface area contributed by atoms with Crippen LogP contribution in [0.2, 0.25) is 0 Å². The molecule has 1 unspecified atom stereocenters. The molecule has 2 aliphatic heterocycles. The molecule has 1 atom stereocenters. The molecule has 30 heavy (non-hydrogen) atoms. The summed E-state index contributed by atoms with van der Waals surface area (Å²) in [5, 5.41) is 3.48. The van der Waals surface area contributed by atoms with E-state index in [1.807, 2.05) is 31.2 Å². The van der Waals surface area contributed by atoms with Gasteiger partial charge in [-0.1, -0.05) is 17.7 Å². The van der Waals surface area contributed by atoms with Gasteiger partial charge in [-0.25, -0.2) is 4.99 Å². The van der Waals surface area contributed by atoms with Crippen LogP contribution in [-0.2, 0) is 4.74 Å². The number of hydrogen-bond donors (Lipinski definition) is 2. The van der Waals surface area contributed by atoms with E-state index >= 15 is 0 Å². The van der Waals surface area contributed by atoms with E-state index in [-0.39, 0.29) is 5.96 Å². The maximum Gasteiger partial charge on any atom is 0.222 e. The Kier molecular flexibility index (Phi) is 6.04. The largest absolute Gasteiger partial charge is 0.494 e. The Balaban J connectivity index is 1.65. The molecule has 1 fully saturated rings. The highest BCUT2D eigenvalue weighted by atomic mass is 16.5. The molecule has 0 bridgehead atoms. The minimum absolute atomic E-state index is 0.253. The zero-order valence-electron chi connectivity index (χ0n) is 17.4. The van der Waals surface area contributed by atoms with Crippen LogP contribution in [0.5, 0.6) is 5.75 Å². The number of ether oxygens (including phenoxy) is 2. The molecular weight excluding hydrogens is 380 g/mol. The van der Waals surface area contributed by atoms with E-state index < -0.39 is 6.29 Å². The lowest BCUT2D eigenvalue weighted by molar-refractivity contribution is 0.0671. The van der Waals surface area contributed by atoms with Crippen molar-refractivity contribution < 1.29 is 9.47 Å². The van der Waals surface area contributed by atoms with Crippen molar-refractivity contribution in [3.05, 3.63) is 54.1 Å². The van der Waals surface area contributed by atoms with Gasteiger partial charge in [-0.05, 0) is 50.2 Å². The molecule has 0 radical (unpaired) electrons. The fourth-order valence-corrected chi connectivity index (χ4v) is 3.49. The van der Waals surface area contributed by atoms with E-state index in [9.17, 15) is 0 Å². The zero-order chi connectivity index (χ0) is 20.9. The number of hydrogen-bond acceptors (Lipinski definition) is 8. The van der Waals surface area contributed by atoms with Crippen molar-refractivity contribution in [2.45, 2.75) is 20.1 Å². The van der Waals surface area contributed by atoms with Gasteiger partial charge in [-0.2, -0.15) is 4.99 Å². The van der Waals surface area contributed by atoms with E-state index in [4.69, 9.17) is 15.2 Å². The second-order valence-corrected chi connectivity index (χ2v) is 7.18. The fraction of sp³-hybridized carbons (Fsp3) is 0.364. The summed E-state index contributed by atoms with van der Waals surface area (Å²) in [6.07, 6.45) is -0.430. The normalized spacial score (nSPS) is 19.2. The second-order valence-electron chi connectivity index (χ2n) is 7.18. The van der Waals surface area contributed by atoms with Gasteiger partial charge in [0.2, 0.25) is 18.2 Å². The Bertz CT molecular complexity index is 904. The number of anilines is 2. The van der Waals surface area contributed by atoms with Crippen LogP contribution in [0, 0.1) is 6.92 Å². The quantitative estimate of drug-likeness (QED) is 0.791. The van der Waals surface area contributed by atoms with Crippen molar-refractivity contribution in [2.24, 2.45) is 15.7 Å². The summed E-state index contributed by atoms with van der Waals surface area (Å²) in [7, 11) is 0. The van der Waals surface area contributed by atoms with E-state index in [2.05, 4.69) is 56.3 Å². The predicted octanol–water partition coefficient (Wildman–Crippen LogP) is 2.61. The summed E-state index contributed by atoms with van der Waals surface area (Å²) in [4.78, 5) is 13.5. The number of guanidine groups is 2. The third-order valence-corrected chi connectivity index (χ3v) is 5.00. The molecule has 0 spiro atoms. The molecule has 2 heterocycles. The lowest BCUT2D eigenvalue weighted by atomic mass is 10.2. The van der Waals surface area contributed by atoms with Crippen molar-refractivity contribution in [1.29, 1.82) is 0 Å². The summed E-state index contributed by atoms with van der Waals surface area (Å²) in [5.41, 5.74) is 9.22. The molecule has 8 nitrogen and oxygen atoms in total. The molecule has 2 aliphatic rings. The average Bonchev–Trinajstić information content (AvgIpc) is 2.76. The lowest BCUT2D eigenvalue weighted by Gasteiger charge is -2.41. The second kappa shape index (κ2) is 9.04. The van der Waals surface area contributed by atoms with Gasteiger partial charge in [0, 0.05) is 24.5 Å². The smallest absolute Gasteiger partial charge is 0.222 e. The summed E-state index contributed by atoms with van der Waals surface area (Å²) < 4.78 is 11.1. The number of benzene rings is 2. The molecule has 4 rings (SSSR count). The Morgan fingerprint density at radius 1 is 1.10 bits per heavy atom. The van der Waals surface area contributed by atoms with E-state index in [1.165, 1.54) is 5.56 Å². The number of aliphatic imine (C=N–C) groups is 2. The molecule has 0 amide bonds. The highest BCUT2D eigenvalue weighted by Gasteiger charge is 2.32. The molecule has 0 aromatic heterocycles. The summed E-state index contributed by atoms with van der Waals surface area (Å²) in [6, 6.07) is 16.2. The highest BCUT2D eigenvalue weighted by Crippen LogP contribution is 2.25. The van der Waals surface area contributed by atoms with Crippen LogP contribution < -0.4 is 20.7 Å². The first-order valence-corrected chi connectivity index (χ1v) is 10.2. The first kappa shape index (κ1) is 20.0. The van der Waals surface area contributed by atoms with Crippen LogP contribution in [0.1, 0.15) is 12.5 Å². The van der Waals surface area contributed by atoms with Crippen molar-refractivity contribution in [1.82, 2.24) is 4.90 Å². The maximum absolute atomic E-state index is 6.12. The van der Waals surface area contributed by atoms with Crippen LogP contribution in [0.4, 0.5) is 11.4 Å². The Labute approximate surface area is 177 Å². The van der Waals surface area contributed by atoms with E-state index in [1.54, 1.807) is 0 Å². The van der Waals surface area contributed by atoms with E-state index in [0.29, 0.717) is 19.8 Å². The standard InChI is InChI=1S/C22H28N6O2/c1-3-30-19-10-6-17(7-11-19)24-21-25-20(23)26-22(27-12-14-29-15-13-27)28(21)18-8-4-16(2)5-9-18/h4-11,21,24H,3,12-15H2,1-2H3,(H2,23,25). The van der Waals surface area contributed by atoms with Crippen LogP contribution in [0.15, 0.2) is 58.5 Å². The minimum Gasteiger partial charge on any atom is -0.494 e. The van der Waals surface area contributed by atoms with Crippen molar-refractivity contribution in [2.75, 3.05) is 43.1 Å². The fourth-order valence-electron chi connectivity index (χ4n) is 3.49. The van der Waals surface area contributed by atoms with Crippen LogP contribution in [0.25, 0.3) is 0 Å². The van der Waals surface area contributed by atoms with Crippen molar-refractivity contribution >= 4 is 23.3 Å². The molecule has 158 valence electrons. The molecule has 8 heteroatoms. The summed E-state index contributed by atoms with van der Waals surface area (Å²) in [5.74, 6) is 1.86. The van der Waals surface area contributed by atoms with Gasteiger partial charge in [0.25, 0.3) is 0 Å². The van der Waals surface area contributed by atoms with Crippen LogP contribution in [-0.4, -0.2) is 56.0 Å².